The largest absolute Gasteiger partial charge is 0.396 e. The Balaban J connectivity index is 2.19. The van der Waals surface area contributed by atoms with Gasteiger partial charge in [-0.15, -0.1) is 0 Å². The number of nitrogen functional groups attached to an aromatic ring is 1. The van der Waals surface area contributed by atoms with Gasteiger partial charge < -0.3 is 10.8 Å². The molecule has 1 aromatic rings. The van der Waals surface area contributed by atoms with E-state index in [1.54, 1.807) is 6.07 Å². The fraction of sp³-hybridized carbons (Fsp3) is 0.545. The Labute approximate surface area is 106 Å². The van der Waals surface area contributed by atoms with Crippen molar-refractivity contribution < 1.29 is 13.5 Å². The monoisotopic (exact) mass is 271 g/mol. The van der Waals surface area contributed by atoms with Gasteiger partial charge >= 0.3 is 0 Å². The second kappa shape index (κ2) is 5.21. The maximum atomic E-state index is 12.1. The average Bonchev–Trinajstić information content (AvgIpc) is 2.32. The van der Waals surface area contributed by atoms with Gasteiger partial charge in [0.15, 0.2) is 5.03 Å². The number of anilines is 1. The lowest BCUT2D eigenvalue weighted by atomic mass is 9.93. The molecule has 0 saturated heterocycles. The summed E-state index contributed by atoms with van der Waals surface area (Å²) in [6.45, 7) is 0. The molecule has 18 heavy (non-hydrogen) atoms. The van der Waals surface area contributed by atoms with Crippen LogP contribution in [0.4, 0.5) is 5.69 Å². The van der Waals surface area contributed by atoms with Crippen molar-refractivity contribution in [2.45, 2.75) is 42.9 Å². The van der Waals surface area contributed by atoms with Crippen molar-refractivity contribution in [1.29, 1.82) is 0 Å². The van der Waals surface area contributed by atoms with Crippen LogP contribution >= 0.6 is 0 Å². The fourth-order valence-electron chi connectivity index (χ4n) is 2.13. The van der Waals surface area contributed by atoms with Crippen LogP contribution in [-0.2, 0) is 10.0 Å². The van der Waals surface area contributed by atoms with Crippen LogP contribution < -0.4 is 10.5 Å². The van der Waals surface area contributed by atoms with Gasteiger partial charge in [0.25, 0.3) is 10.0 Å². The van der Waals surface area contributed by atoms with Crippen LogP contribution in [0.1, 0.15) is 25.7 Å². The zero-order valence-electron chi connectivity index (χ0n) is 9.91. The van der Waals surface area contributed by atoms with Crippen molar-refractivity contribution in [1.82, 2.24) is 9.71 Å². The Morgan fingerprint density at radius 1 is 1.39 bits per heavy atom. The van der Waals surface area contributed by atoms with Crippen LogP contribution in [-0.4, -0.2) is 30.7 Å². The summed E-state index contributed by atoms with van der Waals surface area (Å²) in [7, 11) is -3.77. The standard InChI is InChI=1S/C11H17N3O3S/c12-8-4-3-7-13-11(8)18(16,17)14-9-5-1-2-6-10(9)15/h3-4,7,9-10,14-15H,1-2,5-6,12H2. The molecule has 6 nitrogen and oxygen atoms in total. The lowest BCUT2D eigenvalue weighted by Gasteiger charge is -2.27. The first kappa shape index (κ1) is 13.3. The van der Waals surface area contributed by atoms with Crippen molar-refractivity contribution in [3.8, 4) is 0 Å². The van der Waals surface area contributed by atoms with Gasteiger partial charge in [-0.25, -0.2) is 18.1 Å². The lowest BCUT2D eigenvalue weighted by molar-refractivity contribution is 0.101. The molecular weight excluding hydrogens is 254 g/mol. The highest BCUT2D eigenvalue weighted by atomic mass is 32.2. The summed E-state index contributed by atoms with van der Waals surface area (Å²) in [5.74, 6) is 0. The molecule has 1 saturated carbocycles. The molecule has 2 unspecified atom stereocenters. The third kappa shape index (κ3) is 2.80. The van der Waals surface area contributed by atoms with E-state index in [-0.39, 0.29) is 10.7 Å². The van der Waals surface area contributed by atoms with E-state index in [2.05, 4.69) is 9.71 Å². The average molecular weight is 271 g/mol. The van der Waals surface area contributed by atoms with Crippen LogP contribution in [0, 0.1) is 0 Å². The number of hydrogen-bond acceptors (Lipinski definition) is 5. The molecule has 1 aliphatic carbocycles. The van der Waals surface area contributed by atoms with E-state index in [0.717, 1.165) is 12.8 Å². The zero-order valence-corrected chi connectivity index (χ0v) is 10.7. The third-order valence-electron chi connectivity index (χ3n) is 3.09. The second-order valence-electron chi connectivity index (χ2n) is 4.48. The predicted molar refractivity (Wildman–Crippen MR) is 67.2 cm³/mol. The van der Waals surface area contributed by atoms with Crippen molar-refractivity contribution >= 4 is 15.7 Å². The Morgan fingerprint density at radius 3 is 2.78 bits per heavy atom. The highest BCUT2D eigenvalue weighted by Crippen LogP contribution is 2.21. The fourth-order valence-corrected chi connectivity index (χ4v) is 3.49. The number of hydrogen-bond donors (Lipinski definition) is 3. The topological polar surface area (TPSA) is 105 Å². The Bertz CT molecular complexity index is 518. The number of nitrogens with two attached hydrogens (primary N) is 1. The van der Waals surface area contributed by atoms with E-state index in [1.807, 2.05) is 0 Å². The summed E-state index contributed by atoms with van der Waals surface area (Å²) < 4.78 is 26.7. The molecule has 7 heteroatoms. The van der Waals surface area contributed by atoms with Gasteiger partial charge in [-0.1, -0.05) is 12.8 Å². The van der Waals surface area contributed by atoms with Gasteiger partial charge in [-0.2, -0.15) is 0 Å². The van der Waals surface area contributed by atoms with Crippen LogP contribution in [0.3, 0.4) is 0 Å². The van der Waals surface area contributed by atoms with E-state index in [4.69, 9.17) is 5.73 Å². The minimum absolute atomic E-state index is 0.107. The van der Waals surface area contributed by atoms with Crippen molar-refractivity contribution in [3.05, 3.63) is 18.3 Å². The summed E-state index contributed by atoms with van der Waals surface area (Å²) >= 11 is 0. The van der Waals surface area contributed by atoms with Crippen molar-refractivity contribution in [2.75, 3.05) is 5.73 Å². The molecule has 1 heterocycles. The van der Waals surface area contributed by atoms with E-state index in [0.29, 0.717) is 12.8 Å². The molecule has 4 N–H and O–H groups in total. The number of nitrogens with zero attached hydrogens (tertiary/aromatic N) is 1. The van der Waals surface area contributed by atoms with Crippen molar-refractivity contribution in [2.24, 2.45) is 0 Å². The number of rotatable bonds is 3. The number of aliphatic hydroxyl groups excluding tert-OH is 1. The second-order valence-corrected chi connectivity index (χ2v) is 6.11. The maximum absolute atomic E-state index is 12.1. The predicted octanol–water partition coefficient (Wildman–Crippen LogP) is 0.246. The highest BCUT2D eigenvalue weighted by molar-refractivity contribution is 7.89. The molecule has 1 aromatic heterocycles. The first-order valence-corrected chi connectivity index (χ1v) is 7.40. The van der Waals surface area contributed by atoms with Gasteiger partial charge in [-0.05, 0) is 25.0 Å². The quantitative estimate of drug-likeness (QED) is 0.730. The zero-order chi connectivity index (χ0) is 13.2. The highest BCUT2D eigenvalue weighted by Gasteiger charge is 2.29. The Hall–Kier alpha value is -1.18. The van der Waals surface area contributed by atoms with Crippen LogP contribution in [0.25, 0.3) is 0 Å². The number of sulfonamides is 1. The molecule has 0 spiro atoms. The lowest BCUT2D eigenvalue weighted by Crippen LogP contribution is -2.45. The van der Waals surface area contributed by atoms with Crippen molar-refractivity contribution in [3.63, 3.8) is 0 Å². The van der Waals surface area contributed by atoms with E-state index in [9.17, 15) is 13.5 Å². The summed E-state index contributed by atoms with van der Waals surface area (Å²) in [6, 6.07) is 2.60. The molecule has 1 aliphatic rings. The Morgan fingerprint density at radius 2 is 2.11 bits per heavy atom. The smallest absolute Gasteiger partial charge is 0.260 e. The summed E-state index contributed by atoms with van der Waals surface area (Å²) in [6.07, 6.45) is 3.81. The number of pyridine rings is 1. The first-order valence-electron chi connectivity index (χ1n) is 5.91. The third-order valence-corrected chi connectivity index (χ3v) is 4.55. The normalized spacial score (nSPS) is 24.9. The molecule has 1 fully saturated rings. The van der Waals surface area contributed by atoms with Gasteiger partial charge in [-0.3, -0.25) is 0 Å². The summed E-state index contributed by atoms with van der Waals surface area (Å²) in [5, 5.41) is 9.59. The SMILES string of the molecule is Nc1cccnc1S(=O)(=O)NC1CCCCC1O. The number of aliphatic hydroxyl groups is 1. The molecule has 2 atom stereocenters. The minimum atomic E-state index is -3.77. The summed E-state index contributed by atoms with van der Waals surface area (Å²) in [4.78, 5) is 3.78. The van der Waals surface area contributed by atoms with Crippen LogP contribution in [0.15, 0.2) is 23.4 Å². The van der Waals surface area contributed by atoms with E-state index >= 15 is 0 Å². The number of nitrogens with one attached hydrogen (secondary N) is 1. The van der Waals surface area contributed by atoms with Crippen LogP contribution in [0.5, 0.6) is 0 Å². The first-order chi connectivity index (χ1) is 8.50. The maximum Gasteiger partial charge on any atom is 0.260 e. The molecule has 0 amide bonds. The number of aromatic nitrogens is 1. The van der Waals surface area contributed by atoms with Gasteiger partial charge in [0.05, 0.1) is 11.8 Å². The molecule has 0 aliphatic heterocycles. The van der Waals surface area contributed by atoms with E-state index < -0.39 is 22.2 Å². The van der Waals surface area contributed by atoms with E-state index in [1.165, 1.54) is 12.3 Å². The minimum Gasteiger partial charge on any atom is -0.396 e. The molecule has 0 bridgehead atoms. The summed E-state index contributed by atoms with van der Waals surface area (Å²) in [5.41, 5.74) is 5.71. The van der Waals surface area contributed by atoms with Gasteiger partial charge in [0, 0.05) is 12.2 Å². The van der Waals surface area contributed by atoms with Crippen LogP contribution in [0.2, 0.25) is 0 Å². The molecule has 0 radical (unpaired) electrons. The molecular formula is C11H17N3O3S. The molecule has 2 rings (SSSR count). The van der Waals surface area contributed by atoms with Gasteiger partial charge in [0.2, 0.25) is 0 Å². The molecule has 0 aromatic carbocycles. The Kier molecular flexibility index (Phi) is 3.84. The van der Waals surface area contributed by atoms with Gasteiger partial charge in [0.1, 0.15) is 0 Å². The molecule has 100 valence electrons.